The topological polar surface area (TPSA) is 83.5 Å². The monoisotopic (exact) mass is 287 g/mol. The Hall–Kier alpha value is -2.76. The van der Waals surface area contributed by atoms with Crippen molar-refractivity contribution in [3.05, 3.63) is 48.2 Å². The molecule has 2 amide bonds. The molecule has 2 aromatic rings. The lowest BCUT2D eigenvalue weighted by Gasteiger charge is -2.17. The van der Waals surface area contributed by atoms with Crippen LogP contribution in [0.4, 0.5) is 10.6 Å². The fraction of sp³-hybridized carbons (Fsp3) is 0.200. The maximum Gasteiger partial charge on any atom is 0.323 e. The van der Waals surface area contributed by atoms with Gasteiger partial charge in [-0.25, -0.2) is 9.78 Å². The van der Waals surface area contributed by atoms with Gasteiger partial charge in [0, 0.05) is 6.20 Å². The molecule has 0 saturated heterocycles. The number of anilines is 1. The lowest BCUT2D eigenvalue weighted by Crippen LogP contribution is -2.39. The highest BCUT2D eigenvalue weighted by Gasteiger charge is 2.10. The minimum absolute atomic E-state index is 0.159. The van der Waals surface area contributed by atoms with E-state index >= 15 is 0 Å². The summed E-state index contributed by atoms with van der Waals surface area (Å²) in [5, 5.41) is 14.5. The van der Waals surface area contributed by atoms with E-state index < -0.39 is 12.3 Å². The lowest BCUT2D eigenvalue weighted by atomic mass is 10.3. The number of benzene rings is 1. The summed E-state index contributed by atoms with van der Waals surface area (Å²) in [6.45, 7) is 3.57. The number of aromatic hydroxyl groups is 1. The van der Waals surface area contributed by atoms with Crippen molar-refractivity contribution in [2.45, 2.75) is 20.1 Å². The van der Waals surface area contributed by atoms with E-state index in [-0.39, 0.29) is 5.75 Å². The van der Waals surface area contributed by atoms with Gasteiger partial charge in [-0.15, -0.1) is 0 Å². The number of carbonyl (C=O) groups is 1. The van der Waals surface area contributed by atoms with E-state index in [1.165, 1.54) is 12.1 Å². The Bertz CT molecular complexity index is 614. The van der Waals surface area contributed by atoms with Crippen LogP contribution in [0.2, 0.25) is 0 Å². The molecule has 0 aliphatic rings. The fourth-order valence-corrected chi connectivity index (χ4v) is 1.70. The molecule has 1 aromatic heterocycles. The zero-order chi connectivity index (χ0) is 15.2. The highest BCUT2D eigenvalue weighted by atomic mass is 16.5. The van der Waals surface area contributed by atoms with Crippen LogP contribution in [0, 0.1) is 6.92 Å². The number of rotatable bonds is 4. The third kappa shape index (κ3) is 4.38. The first-order valence-corrected chi connectivity index (χ1v) is 6.49. The van der Waals surface area contributed by atoms with Gasteiger partial charge in [-0.05, 0) is 49.7 Å². The van der Waals surface area contributed by atoms with Gasteiger partial charge in [-0.2, -0.15) is 0 Å². The minimum Gasteiger partial charge on any atom is -0.508 e. The van der Waals surface area contributed by atoms with Gasteiger partial charge in [-0.3, -0.25) is 5.32 Å². The van der Waals surface area contributed by atoms with E-state index in [1.54, 1.807) is 31.3 Å². The van der Waals surface area contributed by atoms with Gasteiger partial charge < -0.3 is 15.2 Å². The van der Waals surface area contributed by atoms with Crippen LogP contribution in [0.25, 0.3) is 0 Å². The Kier molecular flexibility index (Phi) is 4.61. The number of aryl methyl sites for hydroxylation is 1. The van der Waals surface area contributed by atoms with Gasteiger partial charge in [0.2, 0.25) is 0 Å². The molecule has 0 fully saturated rings. The first-order valence-electron chi connectivity index (χ1n) is 6.49. The molecule has 1 aromatic carbocycles. The van der Waals surface area contributed by atoms with E-state index in [9.17, 15) is 9.90 Å². The van der Waals surface area contributed by atoms with Crippen molar-refractivity contribution in [1.82, 2.24) is 10.3 Å². The Morgan fingerprint density at radius 1 is 1.29 bits per heavy atom. The van der Waals surface area contributed by atoms with Crippen LogP contribution in [0.15, 0.2) is 42.6 Å². The summed E-state index contributed by atoms with van der Waals surface area (Å²) < 4.78 is 5.50. The number of pyridine rings is 1. The molecular formula is C15H17N3O3. The van der Waals surface area contributed by atoms with Gasteiger partial charge in [0.1, 0.15) is 17.3 Å². The second-order valence-electron chi connectivity index (χ2n) is 4.52. The molecule has 0 radical (unpaired) electrons. The van der Waals surface area contributed by atoms with Crippen molar-refractivity contribution in [3.8, 4) is 11.5 Å². The summed E-state index contributed by atoms with van der Waals surface area (Å²) in [6, 6.07) is 9.53. The quantitative estimate of drug-likeness (QED) is 0.755. The van der Waals surface area contributed by atoms with Crippen molar-refractivity contribution >= 4 is 11.8 Å². The van der Waals surface area contributed by atoms with Crippen LogP contribution in [-0.4, -0.2) is 22.3 Å². The summed E-state index contributed by atoms with van der Waals surface area (Å²) in [7, 11) is 0. The van der Waals surface area contributed by atoms with E-state index in [2.05, 4.69) is 15.6 Å². The maximum absolute atomic E-state index is 11.8. The molecule has 2 rings (SSSR count). The van der Waals surface area contributed by atoms with Gasteiger partial charge in [0.05, 0.1) is 0 Å². The standard InChI is InChI=1S/C15H17N3O3/c1-10-4-3-9-16-14(10)18-15(20)17-11(2)21-13-7-5-12(19)6-8-13/h3-9,11,19H,1-2H3,(H2,16,17,18,20). The Balaban J connectivity index is 1.87. The average Bonchev–Trinajstić information content (AvgIpc) is 2.44. The predicted molar refractivity (Wildman–Crippen MR) is 79.3 cm³/mol. The number of aromatic nitrogens is 1. The van der Waals surface area contributed by atoms with Gasteiger partial charge in [0.15, 0.2) is 6.23 Å². The third-order valence-electron chi connectivity index (χ3n) is 2.73. The molecule has 0 bridgehead atoms. The van der Waals surface area contributed by atoms with Crippen LogP contribution in [0.1, 0.15) is 12.5 Å². The van der Waals surface area contributed by atoms with Crippen molar-refractivity contribution in [3.63, 3.8) is 0 Å². The summed E-state index contributed by atoms with van der Waals surface area (Å²) in [5.74, 6) is 1.22. The molecule has 3 N–H and O–H groups in total. The number of amides is 2. The third-order valence-corrected chi connectivity index (χ3v) is 2.73. The largest absolute Gasteiger partial charge is 0.508 e. The van der Waals surface area contributed by atoms with Crippen LogP contribution < -0.4 is 15.4 Å². The Morgan fingerprint density at radius 2 is 2.00 bits per heavy atom. The number of phenolic OH excluding ortho intramolecular Hbond substituents is 1. The smallest absolute Gasteiger partial charge is 0.323 e. The normalized spacial score (nSPS) is 11.5. The summed E-state index contributed by atoms with van der Waals surface area (Å²) in [6.07, 6.45) is 1.08. The van der Waals surface area contributed by atoms with E-state index in [0.29, 0.717) is 11.6 Å². The van der Waals surface area contributed by atoms with Crippen molar-refractivity contribution in [2.75, 3.05) is 5.32 Å². The van der Waals surface area contributed by atoms with Crippen LogP contribution >= 0.6 is 0 Å². The maximum atomic E-state index is 11.8. The fourth-order valence-electron chi connectivity index (χ4n) is 1.70. The Morgan fingerprint density at radius 3 is 2.67 bits per heavy atom. The van der Waals surface area contributed by atoms with E-state index in [1.807, 2.05) is 13.0 Å². The molecule has 0 spiro atoms. The number of nitrogens with one attached hydrogen (secondary N) is 2. The highest BCUT2D eigenvalue weighted by molar-refractivity contribution is 5.88. The first kappa shape index (κ1) is 14.6. The van der Waals surface area contributed by atoms with Crippen molar-refractivity contribution < 1.29 is 14.6 Å². The molecule has 110 valence electrons. The molecule has 21 heavy (non-hydrogen) atoms. The summed E-state index contributed by atoms with van der Waals surface area (Å²) in [4.78, 5) is 15.9. The number of hydrogen-bond donors (Lipinski definition) is 3. The van der Waals surface area contributed by atoms with Crippen LogP contribution in [-0.2, 0) is 0 Å². The van der Waals surface area contributed by atoms with Gasteiger partial charge >= 0.3 is 6.03 Å². The molecule has 6 heteroatoms. The minimum atomic E-state index is -0.529. The number of phenols is 1. The molecule has 1 heterocycles. The average molecular weight is 287 g/mol. The first-order chi connectivity index (χ1) is 10.0. The van der Waals surface area contributed by atoms with Crippen LogP contribution in [0.3, 0.4) is 0 Å². The van der Waals surface area contributed by atoms with E-state index in [4.69, 9.17) is 4.74 Å². The number of ether oxygens (including phenoxy) is 1. The SMILES string of the molecule is Cc1cccnc1NC(=O)NC(C)Oc1ccc(O)cc1. The number of hydrogen-bond acceptors (Lipinski definition) is 4. The van der Waals surface area contributed by atoms with Crippen molar-refractivity contribution in [2.24, 2.45) is 0 Å². The number of urea groups is 1. The Labute approximate surface area is 122 Å². The van der Waals surface area contributed by atoms with E-state index in [0.717, 1.165) is 5.56 Å². The number of carbonyl (C=O) groups excluding carboxylic acids is 1. The molecule has 1 unspecified atom stereocenters. The van der Waals surface area contributed by atoms with Gasteiger partial charge in [-0.1, -0.05) is 6.07 Å². The van der Waals surface area contributed by atoms with Crippen molar-refractivity contribution in [1.29, 1.82) is 0 Å². The summed E-state index contributed by atoms with van der Waals surface area (Å²) >= 11 is 0. The highest BCUT2D eigenvalue weighted by Crippen LogP contribution is 2.16. The lowest BCUT2D eigenvalue weighted by molar-refractivity contribution is 0.183. The van der Waals surface area contributed by atoms with Gasteiger partial charge in [0.25, 0.3) is 0 Å². The second-order valence-corrected chi connectivity index (χ2v) is 4.52. The molecule has 6 nitrogen and oxygen atoms in total. The molecule has 0 aliphatic heterocycles. The molecule has 0 aliphatic carbocycles. The zero-order valence-electron chi connectivity index (χ0n) is 11.8. The molecule has 1 atom stereocenters. The van der Waals surface area contributed by atoms with Crippen LogP contribution in [0.5, 0.6) is 11.5 Å². The number of nitrogens with zero attached hydrogens (tertiary/aromatic N) is 1. The molecular weight excluding hydrogens is 270 g/mol. The second kappa shape index (κ2) is 6.60. The zero-order valence-corrected chi connectivity index (χ0v) is 11.8. The predicted octanol–water partition coefficient (Wildman–Crippen LogP) is 2.64. The molecule has 0 saturated carbocycles. The summed E-state index contributed by atoms with van der Waals surface area (Å²) in [5.41, 5.74) is 0.875.